The molecular formula is C15H18BrN3O. The molecular weight excluding hydrogens is 318 g/mol. The number of nitrogens with two attached hydrogens (primary N) is 1. The summed E-state index contributed by atoms with van der Waals surface area (Å²) in [6.07, 6.45) is 2.42. The van der Waals surface area contributed by atoms with E-state index in [0.717, 1.165) is 15.4 Å². The standard InChI is InChI=1S/C15H18BrN3O/c1-3-15(2,9-17)14(20)19-12-6-4-5-10-7-11(16)8-18-13(10)12/h4-8H,3,9,17H2,1-2H3,(H,19,20). The Labute approximate surface area is 126 Å². The monoisotopic (exact) mass is 335 g/mol. The lowest BCUT2D eigenvalue weighted by Crippen LogP contribution is -2.39. The topological polar surface area (TPSA) is 68.0 Å². The first-order valence-corrected chi connectivity index (χ1v) is 7.35. The lowest BCUT2D eigenvalue weighted by Gasteiger charge is -2.25. The molecule has 1 aromatic heterocycles. The number of amides is 1. The molecule has 106 valence electrons. The van der Waals surface area contributed by atoms with Gasteiger partial charge in [-0.25, -0.2) is 0 Å². The molecule has 0 bridgehead atoms. The van der Waals surface area contributed by atoms with Crippen molar-refractivity contribution in [2.24, 2.45) is 11.1 Å². The summed E-state index contributed by atoms with van der Waals surface area (Å²) in [5, 5.41) is 3.93. The Kier molecular flexibility index (Phi) is 4.40. The smallest absolute Gasteiger partial charge is 0.231 e. The normalized spacial score (nSPS) is 14.0. The molecule has 2 rings (SSSR count). The highest BCUT2D eigenvalue weighted by Crippen LogP contribution is 2.27. The van der Waals surface area contributed by atoms with E-state index in [9.17, 15) is 4.79 Å². The van der Waals surface area contributed by atoms with Crippen LogP contribution < -0.4 is 11.1 Å². The minimum absolute atomic E-state index is 0.0697. The predicted octanol–water partition coefficient (Wildman–Crippen LogP) is 3.31. The van der Waals surface area contributed by atoms with Gasteiger partial charge in [-0.05, 0) is 41.4 Å². The maximum absolute atomic E-state index is 12.4. The lowest BCUT2D eigenvalue weighted by atomic mass is 9.86. The summed E-state index contributed by atoms with van der Waals surface area (Å²) in [6, 6.07) is 7.69. The quantitative estimate of drug-likeness (QED) is 0.900. The number of carbonyl (C=O) groups is 1. The molecule has 0 spiro atoms. The third kappa shape index (κ3) is 2.83. The average molecular weight is 336 g/mol. The maximum Gasteiger partial charge on any atom is 0.231 e. The summed E-state index contributed by atoms with van der Waals surface area (Å²) in [4.78, 5) is 16.8. The van der Waals surface area contributed by atoms with Crippen LogP contribution in [0.1, 0.15) is 20.3 Å². The van der Waals surface area contributed by atoms with Crippen LogP contribution in [0.25, 0.3) is 10.9 Å². The van der Waals surface area contributed by atoms with Gasteiger partial charge in [0.1, 0.15) is 0 Å². The van der Waals surface area contributed by atoms with Crippen molar-refractivity contribution in [3.8, 4) is 0 Å². The van der Waals surface area contributed by atoms with Crippen LogP contribution in [0.2, 0.25) is 0 Å². The molecule has 0 aliphatic rings. The highest BCUT2D eigenvalue weighted by atomic mass is 79.9. The number of pyridine rings is 1. The molecule has 5 heteroatoms. The van der Waals surface area contributed by atoms with Gasteiger partial charge in [0.25, 0.3) is 0 Å². The third-order valence-corrected chi connectivity index (χ3v) is 4.14. The molecule has 20 heavy (non-hydrogen) atoms. The van der Waals surface area contributed by atoms with E-state index in [-0.39, 0.29) is 5.91 Å². The third-order valence-electron chi connectivity index (χ3n) is 3.70. The molecule has 4 nitrogen and oxygen atoms in total. The highest BCUT2D eigenvalue weighted by Gasteiger charge is 2.29. The summed E-state index contributed by atoms with van der Waals surface area (Å²) < 4.78 is 0.911. The second-order valence-corrected chi connectivity index (χ2v) is 6.02. The number of carbonyl (C=O) groups excluding carboxylic acids is 1. The minimum Gasteiger partial charge on any atom is -0.329 e. The van der Waals surface area contributed by atoms with Gasteiger partial charge in [0.2, 0.25) is 5.91 Å². The summed E-state index contributed by atoms with van der Waals surface area (Å²) in [5.41, 5.74) is 6.66. The Balaban J connectivity index is 2.37. The van der Waals surface area contributed by atoms with Gasteiger partial charge in [0.15, 0.2) is 0 Å². The lowest BCUT2D eigenvalue weighted by molar-refractivity contribution is -0.124. The van der Waals surface area contributed by atoms with Crippen molar-refractivity contribution in [2.45, 2.75) is 20.3 Å². The second kappa shape index (κ2) is 5.89. The van der Waals surface area contributed by atoms with Crippen LogP contribution >= 0.6 is 15.9 Å². The van der Waals surface area contributed by atoms with E-state index in [0.29, 0.717) is 18.7 Å². The van der Waals surface area contributed by atoms with Crippen molar-refractivity contribution in [1.82, 2.24) is 4.98 Å². The van der Waals surface area contributed by atoms with E-state index in [2.05, 4.69) is 26.2 Å². The molecule has 0 aliphatic carbocycles. The number of halogens is 1. The SMILES string of the molecule is CCC(C)(CN)C(=O)Nc1cccc2cc(Br)cnc12. The fourth-order valence-electron chi connectivity index (χ4n) is 1.91. The molecule has 0 aliphatic heterocycles. The van der Waals surface area contributed by atoms with Crippen LogP contribution in [0.3, 0.4) is 0 Å². The van der Waals surface area contributed by atoms with E-state index in [1.807, 2.05) is 38.1 Å². The molecule has 1 aromatic carbocycles. The van der Waals surface area contributed by atoms with Crippen LogP contribution in [0, 0.1) is 5.41 Å². The number of nitrogens with one attached hydrogen (secondary N) is 1. The van der Waals surface area contributed by atoms with Crippen LogP contribution in [-0.2, 0) is 4.79 Å². The Morgan fingerprint density at radius 1 is 1.50 bits per heavy atom. The van der Waals surface area contributed by atoms with E-state index >= 15 is 0 Å². The van der Waals surface area contributed by atoms with Crippen LogP contribution in [0.15, 0.2) is 34.9 Å². The molecule has 0 saturated carbocycles. The summed E-state index contributed by atoms with van der Waals surface area (Å²) in [5.74, 6) is -0.0697. The molecule has 1 amide bonds. The number of hydrogen-bond acceptors (Lipinski definition) is 3. The Morgan fingerprint density at radius 2 is 2.25 bits per heavy atom. The molecule has 1 atom stereocenters. The molecule has 1 heterocycles. The summed E-state index contributed by atoms with van der Waals surface area (Å²) in [7, 11) is 0. The zero-order valence-corrected chi connectivity index (χ0v) is 13.2. The summed E-state index contributed by atoms with van der Waals surface area (Å²) in [6.45, 7) is 4.15. The molecule has 0 fully saturated rings. The van der Waals surface area contributed by atoms with Gasteiger partial charge in [-0.15, -0.1) is 0 Å². The Morgan fingerprint density at radius 3 is 2.90 bits per heavy atom. The zero-order chi connectivity index (χ0) is 14.8. The number of benzene rings is 1. The fraction of sp³-hybridized carbons (Fsp3) is 0.333. The first-order valence-electron chi connectivity index (χ1n) is 6.56. The van der Waals surface area contributed by atoms with Crippen molar-refractivity contribution < 1.29 is 4.79 Å². The second-order valence-electron chi connectivity index (χ2n) is 5.10. The van der Waals surface area contributed by atoms with Gasteiger partial charge in [-0.1, -0.05) is 19.1 Å². The first kappa shape index (κ1) is 14.9. The number of anilines is 1. The van der Waals surface area contributed by atoms with Gasteiger partial charge < -0.3 is 11.1 Å². The highest BCUT2D eigenvalue weighted by molar-refractivity contribution is 9.10. The maximum atomic E-state index is 12.4. The van der Waals surface area contributed by atoms with Crippen molar-refractivity contribution in [1.29, 1.82) is 0 Å². The van der Waals surface area contributed by atoms with Gasteiger partial charge in [-0.3, -0.25) is 9.78 Å². The van der Waals surface area contributed by atoms with Gasteiger partial charge in [0, 0.05) is 22.6 Å². The van der Waals surface area contributed by atoms with Crippen molar-refractivity contribution >= 4 is 38.4 Å². The number of nitrogens with zero attached hydrogens (tertiary/aromatic N) is 1. The van der Waals surface area contributed by atoms with Gasteiger partial charge in [0.05, 0.1) is 16.6 Å². The van der Waals surface area contributed by atoms with Crippen molar-refractivity contribution in [3.63, 3.8) is 0 Å². The molecule has 3 N–H and O–H groups in total. The van der Waals surface area contributed by atoms with Crippen molar-refractivity contribution in [2.75, 3.05) is 11.9 Å². The minimum atomic E-state index is -0.558. The zero-order valence-electron chi connectivity index (χ0n) is 11.6. The molecule has 0 radical (unpaired) electrons. The van der Waals surface area contributed by atoms with Crippen molar-refractivity contribution in [3.05, 3.63) is 34.9 Å². The number of fused-ring (bicyclic) bond motifs is 1. The fourth-order valence-corrected chi connectivity index (χ4v) is 2.25. The number of hydrogen-bond donors (Lipinski definition) is 2. The van der Waals surface area contributed by atoms with Gasteiger partial charge in [-0.2, -0.15) is 0 Å². The van der Waals surface area contributed by atoms with Crippen LogP contribution in [0.4, 0.5) is 5.69 Å². The number of aromatic nitrogens is 1. The van der Waals surface area contributed by atoms with Crippen LogP contribution in [-0.4, -0.2) is 17.4 Å². The Hall–Kier alpha value is -1.46. The average Bonchev–Trinajstić information content (AvgIpc) is 2.46. The largest absolute Gasteiger partial charge is 0.329 e. The van der Waals surface area contributed by atoms with E-state index in [1.165, 1.54) is 0 Å². The summed E-state index contributed by atoms with van der Waals surface area (Å²) >= 11 is 3.40. The predicted molar refractivity (Wildman–Crippen MR) is 85.5 cm³/mol. The van der Waals surface area contributed by atoms with Gasteiger partial charge >= 0.3 is 0 Å². The molecule has 2 aromatic rings. The van der Waals surface area contributed by atoms with E-state index in [1.54, 1.807) is 6.20 Å². The number of rotatable bonds is 4. The molecule has 1 unspecified atom stereocenters. The van der Waals surface area contributed by atoms with E-state index < -0.39 is 5.41 Å². The van der Waals surface area contributed by atoms with Crippen LogP contribution in [0.5, 0.6) is 0 Å². The Bertz CT molecular complexity index is 638. The molecule has 0 saturated heterocycles. The number of para-hydroxylation sites is 1. The first-order chi connectivity index (χ1) is 9.50. The van der Waals surface area contributed by atoms with E-state index in [4.69, 9.17) is 5.73 Å².